The smallest absolute Gasteiger partial charge is 0.177 e. The summed E-state index contributed by atoms with van der Waals surface area (Å²) < 4.78 is 0.703. The molecule has 3 heterocycles. The molecule has 3 unspecified atom stereocenters. The van der Waals surface area contributed by atoms with Crippen LogP contribution >= 0.6 is 22.9 Å². The summed E-state index contributed by atoms with van der Waals surface area (Å²) in [5.41, 5.74) is 0. The zero-order valence-corrected chi connectivity index (χ0v) is 9.77. The van der Waals surface area contributed by atoms with Gasteiger partial charge < -0.3 is 5.32 Å². The molecule has 2 aliphatic heterocycles. The van der Waals surface area contributed by atoms with Crippen LogP contribution in [0.2, 0.25) is 4.34 Å². The highest BCUT2D eigenvalue weighted by atomic mass is 35.5. The van der Waals surface area contributed by atoms with Gasteiger partial charge in [-0.2, -0.15) is 0 Å². The highest BCUT2D eigenvalue weighted by Crippen LogP contribution is 2.36. The molecular formula is C11H12ClNOS. The van der Waals surface area contributed by atoms with Crippen molar-refractivity contribution in [2.45, 2.75) is 31.3 Å². The predicted octanol–water partition coefficient (Wildman–Crippen LogP) is 2.72. The summed E-state index contributed by atoms with van der Waals surface area (Å²) in [7, 11) is 0. The van der Waals surface area contributed by atoms with E-state index in [1.807, 2.05) is 6.07 Å². The van der Waals surface area contributed by atoms with Gasteiger partial charge in [0, 0.05) is 18.0 Å². The summed E-state index contributed by atoms with van der Waals surface area (Å²) >= 11 is 7.24. The minimum Gasteiger partial charge on any atom is -0.310 e. The average Bonchev–Trinajstić information content (AvgIpc) is 2.90. The molecule has 1 N–H and O–H groups in total. The van der Waals surface area contributed by atoms with E-state index in [4.69, 9.17) is 11.6 Å². The molecular weight excluding hydrogens is 230 g/mol. The number of halogens is 1. The van der Waals surface area contributed by atoms with Crippen LogP contribution in [-0.4, -0.2) is 17.9 Å². The van der Waals surface area contributed by atoms with Gasteiger partial charge in [-0.15, -0.1) is 11.3 Å². The molecule has 0 spiro atoms. The summed E-state index contributed by atoms with van der Waals surface area (Å²) in [5, 5.41) is 3.49. The molecule has 80 valence electrons. The Morgan fingerprint density at radius 1 is 1.47 bits per heavy atom. The fraction of sp³-hybridized carbons (Fsp3) is 0.545. The van der Waals surface area contributed by atoms with Gasteiger partial charge in [0.25, 0.3) is 0 Å². The van der Waals surface area contributed by atoms with Gasteiger partial charge >= 0.3 is 0 Å². The Morgan fingerprint density at radius 2 is 2.33 bits per heavy atom. The van der Waals surface area contributed by atoms with E-state index < -0.39 is 0 Å². The molecule has 2 bridgehead atoms. The lowest BCUT2D eigenvalue weighted by atomic mass is 9.85. The molecule has 0 amide bonds. The van der Waals surface area contributed by atoms with Gasteiger partial charge in [-0.25, -0.2) is 0 Å². The molecule has 0 saturated carbocycles. The third-order valence-corrected chi connectivity index (χ3v) is 4.70. The first-order chi connectivity index (χ1) is 7.24. The van der Waals surface area contributed by atoms with Crippen molar-refractivity contribution < 1.29 is 4.79 Å². The van der Waals surface area contributed by atoms with Crippen LogP contribution in [-0.2, 0) is 0 Å². The van der Waals surface area contributed by atoms with E-state index in [0.29, 0.717) is 16.4 Å². The molecule has 2 nitrogen and oxygen atoms in total. The van der Waals surface area contributed by atoms with Crippen molar-refractivity contribution in [2.24, 2.45) is 5.92 Å². The van der Waals surface area contributed by atoms with Crippen LogP contribution in [0.5, 0.6) is 0 Å². The number of fused-ring (bicyclic) bond motifs is 2. The van der Waals surface area contributed by atoms with Gasteiger partial charge in [-0.3, -0.25) is 4.79 Å². The number of carbonyl (C=O) groups excluding carboxylic acids is 1. The number of ketones is 1. The fourth-order valence-electron chi connectivity index (χ4n) is 2.74. The van der Waals surface area contributed by atoms with Crippen molar-refractivity contribution in [2.75, 3.05) is 0 Å². The highest BCUT2D eigenvalue weighted by Gasteiger charge is 2.43. The first-order valence-corrected chi connectivity index (χ1v) is 6.49. The maximum Gasteiger partial charge on any atom is 0.177 e. The Kier molecular flexibility index (Phi) is 2.34. The minimum atomic E-state index is 0.193. The van der Waals surface area contributed by atoms with Crippen LogP contribution in [0, 0.1) is 5.92 Å². The summed E-state index contributed by atoms with van der Waals surface area (Å²) in [4.78, 5) is 13.0. The van der Waals surface area contributed by atoms with E-state index in [-0.39, 0.29) is 11.7 Å². The highest BCUT2D eigenvalue weighted by molar-refractivity contribution is 7.18. The van der Waals surface area contributed by atoms with Crippen molar-refractivity contribution in [3.8, 4) is 0 Å². The Labute approximate surface area is 97.6 Å². The van der Waals surface area contributed by atoms with Gasteiger partial charge in [0.1, 0.15) is 0 Å². The molecule has 1 aromatic rings. The van der Waals surface area contributed by atoms with E-state index in [2.05, 4.69) is 5.32 Å². The Balaban J connectivity index is 1.81. The van der Waals surface area contributed by atoms with Gasteiger partial charge in [0.05, 0.1) is 9.21 Å². The number of nitrogens with one attached hydrogen (secondary N) is 1. The molecule has 0 aromatic carbocycles. The molecule has 0 radical (unpaired) electrons. The lowest BCUT2D eigenvalue weighted by Crippen LogP contribution is -2.28. The molecule has 2 saturated heterocycles. The molecule has 3 rings (SSSR count). The monoisotopic (exact) mass is 241 g/mol. The number of carbonyl (C=O) groups is 1. The van der Waals surface area contributed by atoms with E-state index in [0.717, 1.165) is 17.7 Å². The second-order valence-electron chi connectivity index (χ2n) is 4.36. The number of thiophene rings is 1. The summed E-state index contributed by atoms with van der Waals surface area (Å²) in [6.45, 7) is 0. The second kappa shape index (κ2) is 3.58. The summed E-state index contributed by atoms with van der Waals surface area (Å²) in [5.74, 6) is 0.477. The quantitative estimate of drug-likeness (QED) is 0.807. The van der Waals surface area contributed by atoms with Crippen molar-refractivity contribution >= 4 is 28.7 Å². The van der Waals surface area contributed by atoms with E-state index >= 15 is 0 Å². The lowest BCUT2D eigenvalue weighted by molar-refractivity contribution is 0.0905. The van der Waals surface area contributed by atoms with Gasteiger partial charge in [0.2, 0.25) is 0 Å². The molecule has 3 atom stereocenters. The zero-order chi connectivity index (χ0) is 10.4. The fourth-order valence-corrected chi connectivity index (χ4v) is 3.79. The third kappa shape index (κ3) is 1.63. The van der Waals surface area contributed by atoms with E-state index in [1.165, 1.54) is 17.8 Å². The normalized spacial score (nSPS) is 33.5. The standard InChI is InChI=1S/C11H12ClNOS/c12-10-4-3-9(15-10)11(14)7-5-6-1-2-8(7)13-6/h3-4,6-8,13H,1-2,5H2. The van der Waals surface area contributed by atoms with Gasteiger partial charge in [0.15, 0.2) is 5.78 Å². The molecule has 2 fully saturated rings. The van der Waals surface area contributed by atoms with Crippen LogP contribution in [0.25, 0.3) is 0 Å². The Morgan fingerprint density at radius 3 is 2.87 bits per heavy atom. The Hall–Kier alpha value is -0.380. The topological polar surface area (TPSA) is 29.1 Å². The number of rotatable bonds is 2. The van der Waals surface area contributed by atoms with Crippen molar-refractivity contribution in [3.05, 3.63) is 21.3 Å². The van der Waals surface area contributed by atoms with Gasteiger partial charge in [-0.05, 0) is 31.4 Å². The first-order valence-electron chi connectivity index (χ1n) is 5.29. The third-order valence-electron chi connectivity index (χ3n) is 3.45. The Bertz CT molecular complexity index is 403. The largest absolute Gasteiger partial charge is 0.310 e. The molecule has 2 aliphatic rings. The molecule has 0 aliphatic carbocycles. The van der Waals surface area contributed by atoms with Gasteiger partial charge in [-0.1, -0.05) is 11.6 Å². The summed E-state index contributed by atoms with van der Waals surface area (Å²) in [6.07, 6.45) is 3.40. The van der Waals surface area contributed by atoms with Crippen LogP contribution in [0.1, 0.15) is 28.9 Å². The second-order valence-corrected chi connectivity index (χ2v) is 6.07. The van der Waals surface area contributed by atoms with Crippen molar-refractivity contribution in [3.63, 3.8) is 0 Å². The van der Waals surface area contributed by atoms with Crippen LogP contribution in [0.3, 0.4) is 0 Å². The molecule has 15 heavy (non-hydrogen) atoms. The minimum absolute atomic E-state index is 0.193. The maximum absolute atomic E-state index is 12.2. The SMILES string of the molecule is O=C(c1ccc(Cl)s1)C1CC2CCC1N2. The maximum atomic E-state index is 12.2. The van der Waals surface area contributed by atoms with Crippen molar-refractivity contribution in [1.29, 1.82) is 0 Å². The van der Waals surface area contributed by atoms with Crippen LogP contribution < -0.4 is 5.32 Å². The van der Waals surface area contributed by atoms with Crippen molar-refractivity contribution in [1.82, 2.24) is 5.32 Å². The van der Waals surface area contributed by atoms with Crippen LogP contribution in [0.15, 0.2) is 12.1 Å². The van der Waals surface area contributed by atoms with E-state index in [1.54, 1.807) is 6.07 Å². The summed E-state index contributed by atoms with van der Waals surface area (Å²) in [6, 6.07) is 4.66. The number of hydrogen-bond acceptors (Lipinski definition) is 3. The first kappa shape index (κ1) is 9.82. The predicted molar refractivity (Wildman–Crippen MR) is 61.7 cm³/mol. The van der Waals surface area contributed by atoms with Crippen LogP contribution in [0.4, 0.5) is 0 Å². The number of hydrogen-bond donors (Lipinski definition) is 1. The number of Topliss-reactive ketones (excluding diaryl/α,β-unsaturated/α-hetero) is 1. The van der Waals surface area contributed by atoms with E-state index in [9.17, 15) is 4.79 Å². The lowest BCUT2D eigenvalue weighted by Gasteiger charge is -2.17. The average molecular weight is 242 g/mol. The zero-order valence-electron chi connectivity index (χ0n) is 8.20. The molecule has 4 heteroatoms. The molecule has 1 aromatic heterocycles.